The van der Waals surface area contributed by atoms with E-state index in [1.165, 1.54) is 4.90 Å². The number of rotatable bonds is 9. The van der Waals surface area contributed by atoms with E-state index in [2.05, 4.69) is 21.2 Å². The minimum Gasteiger partial charge on any atom is -0.491 e. The molecule has 39 heavy (non-hydrogen) atoms. The highest BCUT2D eigenvalue weighted by Crippen LogP contribution is 2.35. The number of para-hydroxylation sites is 1. The smallest absolute Gasteiger partial charge is 0.293 e. The summed E-state index contributed by atoms with van der Waals surface area (Å²) >= 11 is 4.29. The number of benzene rings is 4. The molecule has 0 aliphatic carbocycles. The number of anilines is 1. The van der Waals surface area contributed by atoms with Crippen molar-refractivity contribution in [2.24, 2.45) is 0 Å². The van der Waals surface area contributed by atoms with E-state index >= 15 is 0 Å². The molecular formula is C30H23BrN2O5S. The summed E-state index contributed by atoms with van der Waals surface area (Å²) < 4.78 is 12.4. The maximum Gasteiger partial charge on any atom is 0.293 e. The summed E-state index contributed by atoms with van der Waals surface area (Å²) in [5.41, 5.74) is 1.23. The molecule has 0 unspecified atom stereocenters. The quantitative estimate of drug-likeness (QED) is 0.214. The van der Waals surface area contributed by atoms with E-state index in [9.17, 15) is 14.4 Å². The molecule has 196 valence electrons. The number of nitrogens with one attached hydrogen (secondary N) is 1. The van der Waals surface area contributed by atoms with Crippen LogP contribution in [0.1, 0.15) is 5.56 Å². The fourth-order valence-electron chi connectivity index (χ4n) is 4.03. The number of carbonyl (C=O) groups excluding carboxylic acids is 3. The number of halogens is 1. The Bertz CT molecular complexity index is 1570. The van der Waals surface area contributed by atoms with Crippen molar-refractivity contribution in [3.63, 3.8) is 0 Å². The lowest BCUT2D eigenvalue weighted by Gasteiger charge is -2.14. The van der Waals surface area contributed by atoms with Crippen LogP contribution in [0.2, 0.25) is 0 Å². The number of thioether (sulfide) groups is 1. The molecular weight excluding hydrogens is 580 g/mol. The maximum absolute atomic E-state index is 13.1. The van der Waals surface area contributed by atoms with Crippen molar-refractivity contribution >= 4 is 67.3 Å². The third-order valence-corrected chi connectivity index (χ3v) is 7.27. The zero-order valence-corrected chi connectivity index (χ0v) is 23.0. The molecule has 1 N–H and O–H groups in total. The van der Waals surface area contributed by atoms with Crippen LogP contribution in [0.15, 0.2) is 100 Å². The van der Waals surface area contributed by atoms with Gasteiger partial charge in [0.15, 0.2) is 6.61 Å². The van der Waals surface area contributed by atoms with Gasteiger partial charge in [-0.1, -0.05) is 70.5 Å². The number of hydrogen-bond acceptors (Lipinski definition) is 6. The van der Waals surface area contributed by atoms with E-state index in [1.807, 2.05) is 60.7 Å². The fourth-order valence-corrected chi connectivity index (χ4v) is 5.26. The van der Waals surface area contributed by atoms with Gasteiger partial charge in [0.2, 0.25) is 0 Å². The van der Waals surface area contributed by atoms with E-state index in [0.29, 0.717) is 22.7 Å². The summed E-state index contributed by atoms with van der Waals surface area (Å²) in [6.45, 7) is 0.0676. The Morgan fingerprint density at radius 2 is 1.67 bits per heavy atom. The monoisotopic (exact) mass is 602 g/mol. The van der Waals surface area contributed by atoms with E-state index in [4.69, 9.17) is 9.47 Å². The van der Waals surface area contributed by atoms with Gasteiger partial charge in [0.1, 0.15) is 18.1 Å². The summed E-state index contributed by atoms with van der Waals surface area (Å²) in [5, 5.41) is 4.41. The van der Waals surface area contributed by atoms with Gasteiger partial charge in [0.05, 0.1) is 11.4 Å². The van der Waals surface area contributed by atoms with Crippen molar-refractivity contribution in [1.29, 1.82) is 0 Å². The molecule has 1 aliphatic rings. The molecule has 0 spiro atoms. The number of carbonyl (C=O) groups is 3. The number of fused-ring (bicyclic) bond motifs is 1. The maximum atomic E-state index is 13.1. The lowest BCUT2D eigenvalue weighted by atomic mass is 10.1. The zero-order chi connectivity index (χ0) is 27.2. The van der Waals surface area contributed by atoms with Crippen molar-refractivity contribution in [1.82, 2.24) is 4.90 Å². The summed E-state index contributed by atoms with van der Waals surface area (Å²) in [6.07, 6.45) is 1.60. The Labute approximate surface area is 237 Å². The Balaban J connectivity index is 1.24. The number of imide groups is 1. The molecule has 5 rings (SSSR count). The minimum absolute atomic E-state index is 0.118. The Morgan fingerprint density at radius 3 is 2.51 bits per heavy atom. The van der Waals surface area contributed by atoms with Crippen LogP contribution in [0, 0.1) is 0 Å². The molecule has 3 amide bonds. The summed E-state index contributed by atoms with van der Waals surface area (Å²) in [6, 6.07) is 28.0. The van der Waals surface area contributed by atoms with E-state index in [-0.39, 0.29) is 35.8 Å². The van der Waals surface area contributed by atoms with Crippen LogP contribution in [-0.4, -0.2) is 41.7 Å². The van der Waals surface area contributed by atoms with Gasteiger partial charge in [-0.05, 0) is 59.6 Å². The largest absolute Gasteiger partial charge is 0.491 e. The summed E-state index contributed by atoms with van der Waals surface area (Å²) in [4.78, 5) is 39.5. The first kappa shape index (κ1) is 26.5. The average molecular weight is 603 g/mol. The topological polar surface area (TPSA) is 84.9 Å². The Morgan fingerprint density at radius 1 is 0.897 bits per heavy atom. The van der Waals surface area contributed by atoms with Gasteiger partial charge >= 0.3 is 0 Å². The molecule has 0 aromatic heterocycles. The molecule has 0 radical (unpaired) electrons. The highest BCUT2D eigenvalue weighted by molar-refractivity contribution is 9.10. The number of ether oxygens (including phenoxy) is 2. The number of nitrogens with zero attached hydrogens (tertiary/aromatic N) is 1. The molecule has 1 saturated heterocycles. The lowest BCUT2D eigenvalue weighted by molar-refractivity contribution is -0.123. The van der Waals surface area contributed by atoms with Crippen LogP contribution in [0.4, 0.5) is 10.5 Å². The standard InChI is InChI=1S/C30H23BrN2O5S/c31-22-13-14-25(38-19-28(34)32-23-9-2-1-3-10-23)21(17-22)18-27-29(35)33(30(36)39-27)15-16-37-26-12-6-8-20-7-4-5-11-24(20)26/h1-14,17-18H,15-16,19H2,(H,32,34)/b27-18-. The van der Waals surface area contributed by atoms with Crippen molar-refractivity contribution < 1.29 is 23.9 Å². The summed E-state index contributed by atoms with van der Waals surface area (Å²) in [5.74, 6) is 0.385. The SMILES string of the molecule is O=C(COc1ccc(Br)cc1/C=C1\SC(=O)N(CCOc2cccc3ccccc23)C1=O)Nc1ccccc1. The first-order valence-electron chi connectivity index (χ1n) is 12.1. The van der Waals surface area contributed by atoms with Crippen molar-refractivity contribution in [2.75, 3.05) is 25.1 Å². The van der Waals surface area contributed by atoms with Crippen molar-refractivity contribution in [2.45, 2.75) is 0 Å². The Hall–Kier alpha value is -4.08. The van der Waals surface area contributed by atoms with Crippen LogP contribution in [0.3, 0.4) is 0 Å². The highest BCUT2D eigenvalue weighted by atomic mass is 79.9. The highest BCUT2D eigenvalue weighted by Gasteiger charge is 2.35. The first-order chi connectivity index (χ1) is 19.0. The molecule has 4 aromatic carbocycles. The molecule has 1 fully saturated rings. The molecule has 7 nitrogen and oxygen atoms in total. The predicted molar refractivity (Wildman–Crippen MR) is 157 cm³/mol. The van der Waals surface area contributed by atoms with Crippen molar-refractivity contribution in [3.8, 4) is 11.5 Å². The second-order valence-electron chi connectivity index (χ2n) is 8.54. The molecule has 4 aromatic rings. The van der Waals surface area contributed by atoms with Gasteiger partial charge in [0, 0.05) is 21.1 Å². The van der Waals surface area contributed by atoms with Crippen LogP contribution in [0.5, 0.6) is 11.5 Å². The fraction of sp³-hybridized carbons (Fsp3) is 0.100. The van der Waals surface area contributed by atoms with Gasteiger partial charge in [-0.3, -0.25) is 19.3 Å². The third kappa shape index (κ3) is 6.50. The normalized spacial score (nSPS) is 14.2. The molecule has 0 atom stereocenters. The lowest BCUT2D eigenvalue weighted by Crippen LogP contribution is -2.32. The van der Waals surface area contributed by atoms with Crippen LogP contribution in [0.25, 0.3) is 16.8 Å². The minimum atomic E-state index is -0.403. The van der Waals surface area contributed by atoms with Gasteiger partial charge in [0.25, 0.3) is 17.1 Å². The molecule has 1 heterocycles. The van der Waals surface area contributed by atoms with Gasteiger partial charge < -0.3 is 14.8 Å². The molecule has 9 heteroatoms. The summed E-state index contributed by atoms with van der Waals surface area (Å²) in [7, 11) is 0. The Kier molecular flexibility index (Phi) is 8.29. The molecule has 1 aliphatic heterocycles. The second-order valence-corrected chi connectivity index (χ2v) is 10.5. The van der Waals surface area contributed by atoms with Crippen LogP contribution >= 0.6 is 27.7 Å². The third-order valence-electron chi connectivity index (χ3n) is 5.87. The van der Waals surface area contributed by atoms with Crippen LogP contribution in [-0.2, 0) is 9.59 Å². The van der Waals surface area contributed by atoms with E-state index < -0.39 is 5.91 Å². The van der Waals surface area contributed by atoms with E-state index in [1.54, 1.807) is 36.4 Å². The molecule has 0 saturated carbocycles. The number of hydrogen-bond donors (Lipinski definition) is 1. The van der Waals surface area contributed by atoms with E-state index in [0.717, 1.165) is 27.0 Å². The first-order valence-corrected chi connectivity index (χ1v) is 13.7. The van der Waals surface area contributed by atoms with Crippen LogP contribution < -0.4 is 14.8 Å². The average Bonchev–Trinajstić information content (AvgIpc) is 3.20. The second kappa shape index (κ2) is 12.2. The van der Waals surface area contributed by atoms with Gasteiger partial charge in [-0.15, -0.1) is 0 Å². The number of amides is 3. The molecule has 0 bridgehead atoms. The predicted octanol–water partition coefficient (Wildman–Crippen LogP) is 6.74. The van der Waals surface area contributed by atoms with Gasteiger partial charge in [-0.2, -0.15) is 0 Å². The zero-order valence-electron chi connectivity index (χ0n) is 20.6. The van der Waals surface area contributed by atoms with Crippen molar-refractivity contribution in [3.05, 3.63) is 106 Å². The van der Waals surface area contributed by atoms with Gasteiger partial charge in [-0.25, -0.2) is 0 Å².